The van der Waals surface area contributed by atoms with Crippen molar-refractivity contribution in [2.45, 2.75) is 47.5 Å². The van der Waals surface area contributed by atoms with Gasteiger partial charge in [0.25, 0.3) is 0 Å². The molecule has 0 saturated heterocycles. The Morgan fingerprint density at radius 3 is 2.46 bits per heavy atom. The zero-order valence-electron chi connectivity index (χ0n) is 22.0. The molecule has 2 aromatic rings. The van der Waals surface area contributed by atoms with Crippen LogP contribution < -0.4 is 15.9 Å². The molecular weight excluding hydrogens is 428 g/mol. The predicted molar refractivity (Wildman–Crippen MR) is 154 cm³/mol. The fourth-order valence-corrected chi connectivity index (χ4v) is 3.63. The van der Waals surface area contributed by atoms with E-state index >= 15 is 0 Å². The lowest BCUT2D eigenvalue weighted by atomic mass is 10.0. The number of hydrogen-bond donors (Lipinski definition) is 3. The second-order valence-electron chi connectivity index (χ2n) is 8.19. The second kappa shape index (κ2) is 13.2. The van der Waals surface area contributed by atoms with Gasteiger partial charge in [-0.1, -0.05) is 70.5 Å². The van der Waals surface area contributed by atoms with Gasteiger partial charge in [-0.15, -0.1) is 0 Å². The Hall–Kier alpha value is -3.79. The van der Waals surface area contributed by atoms with Gasteiger partial charge in [-0.3, -0.25) is 5.10 Å². The highest BCUT2D eigenvalue weighted by molar-refractivity contribution is 5.69. The van der Waals surface area contributed by atoms with Crippen molar-refractivity contribution in [3.8, 4) is 11.4 Å². The molecule has 0 amide bonds. The molecule has 1 saturated carbocycles. The summed E-state index contributed by atoms with van der Waals surface area (Å²) < 4.78 is 0. The van der Waals surface area contributed by atoms with Gasteiger partial charge < -0.3 is 10.3 Å². The minimum atomic E-state index is 0.573. The summed E-state index contributed by atoms with van der Waals surface area (Å²) in [6.07, 6.45) is 18.2. The summed E-state index contributed by atoms with van der Waals surface area (Å²) in [4.78, 5) is 3.45. The van der Waals surface area contributed by atoms with Gasteiger partial charge in [0.15, 0.2) is 0 Å². The Bertz CT molecular complexity index is 1280. The van der Waals surface area contributed by atoms with E-state index in [1.807, 2.05) is 52.0 Å². The van der Waals surface area contributed by atoms with E-state index in [4.69, 9.17) is 0 Å². The topological polar surface area (TPSA) is 56.5 Å². The van der Waals surface area contributed by atoms with E-state index < -0.39 is 0 Å². The summed E-state index contributed by atoms with van der Waals surface area (Å²) in [6.45, 7) is 26.3. The smallest absolute Gasteiger partial charge is 0.116 e. The van der Waals surface area contributed by atoms with Crippen LogP contribution in [-0.2, 0) is 0 Å². The van der Waals surface area contributed by atoms with Crippen LogP contribution in [0.2, 0.25) is 0 Å². The number of rotatable bonds is 10. The number of hydrogen-bond acceptors (Lipinski definition) is 2. The van der Waals surface area contributed by atoms with Crippen molar-refractivity contribution in [3.63, 3.8) is 0 Å². The number of nitrogens with one attached hydrogen (secondary N) is 3. The van der Waals surface area contributed by atoms with E-state index in [2.05, 4.69) is 78.0 Å². The van der Waals surface area contributed by atoms with Crippen LogP contribution in [0.1, 0.15) is 51.8 Å². The standard InChI is InChI=1S/C29H34N4.C2H6/c1-8-12-13-24-18-28(31-21(24)7)29-26(27(11-4)32-33-29)16-19(5)22(9-2)17-25(10-3)30-20(6)23-14-15-23;1-2/h8-13,16-18,23,30-32H,1,3,5-6,14-15H2,2,4,7H3;1-2H3/b13-12-,22-9+,25-17+,26-16+,27-11+;. The fourth-order valence-electron chi connectivity index (χ4n) is 3.63. The number of nitrogens with zero attached hydrogens (tertiary/aromatic N) is 1. The van der Waals surface area contributed by atoms with Crippen molar-refractivity contribution in [1.29, 1.82) is 0 Å². The first-order chi connectivity index (χ1) is 16.9. The number of H-pyrrole nitrogens is 2. The molecule has 0 aliphatic heterocycles. The van der Waals surface area contributed by atoms with Crippen molar-refractivity contribution in [3.05, 3.63) is 107 Å². The van der Waals surface area contributed by atoms with E-state index in [1.165, 1.54) is 12.8 Å². The molecule has 1 aliphatic carbocycles. The summed E-state index contributed by atoms with van der Waals surface area (Å²) in [7, 11) is 0. The normalized spacial score (nSPS) is 15.1. The molecule has 1 aliphatic rings. The summed E-state index contributed by atoms with van der Waals surface area (Å²) in [5.41, 5.74) is 7.85. The Kier molecular flexibility index (Phi) is 10.3. The molecule has 184 valence electrons. The number of aryl methyl sites for hydroxylation is 1. The molecule has 0 bridgehead atoms. The van der Waals surface area contributed by atoms with Crippen LogP contribution in [0.15, 0.2) is 85.3 Å². The van der Waals surface area contributed by atoms with E-state index in [0.717, 1.165) is 55.8 Å². The lowest BCUT2D eigenvalue weighted by molar-refractivity contribution is 0.864. The van der Waals surface area contributed by atoms with Gasteiger partial charge in [-0.05, 0) is 80.5 Å². The molecule has 0 radical (unpaired) electrons. The summed E-state index contributed by atoms with van der Waals surface area (Å²) in [6, 6.07) is 2.10. The first-order valence-electron chi connectivity index (χ1n) is 12.3. The van der Waals surface area contributed by atoms with Gasteiger partial charge in [0, 0.05) is 22.3 Å². The molecular formula is C31H40N4. The van der Waals surface area contributed by atoms with E-state index in [-0.39, 0.29) is 0 Å². The van der Waals surface area contributed by atoms with Gasteiger partial charge in [-0.2, -0.15) is 5.10 Å². The SMILES string of the molecule is C=C/C=C\c1cc(-c2n[nH]c(=C/C)/c2=C\C(=C)C(/C=C(\C=C)NC(=C)C2CC2)=C/C)[nH]c1C.CC. The maximum absolute atomic E-state index is 4.59. The maximum atomic E-state index is 4.59. The maximum Gasteiger partial charge on any atom is 0.116 e. The average molecular weight is 469 g/mol. The fraction of sp³-hybridized carbons (Fsp3) is 0.258. The molecule has 2 aromatic heterocycles. The quantitative estimate of drug-likeness (QED) is 0.344. The molecule has 3 rings (SSSR count). The highest BCUT2D eigenvalue weighted by Crippen LogP contribution is 2.34. The summed E-state index contributed by atoms with van der Waals surface area (Å²) in [5.74, 6) is 0.573. The van der Waals surface area contributed by atoms with E-state index in [9.17, 15) is 0 Å². The highest BCUT2D eigenvalue weighted by atomic mass is 15.1. The van der Waals surface area contributed by atoms with Crippen LogP contribution in [-0.4, -0.2) is 15.2 Å². The molecule has 4 nitrogen and oxygen atoms in total. The Morgan fingerprint density at radius 2 is 1.89 bits per heavy atom. The van der Waals surface area contributed by atoms with Crippen molar-refractivity contribution in [2.75, 3.05) is 0 Å². The molecule has 35 heavy (non-hydrogen) atoms. The first-order valence-corrected chi connectivity index (χ1v) is 12.3. The Morgan fingerprint density at radius 1 is 1.17 bits per heavy atom. The van der Waals surface area contributed by atoms with Crippen LogP contribution in [0.4, 0.5) is 0 Å². The molecule has 0 unspecified atom stereocenters. The number of allylic oxidation sites excluding steroid dienone is 8. The van der Waals surface area contributed by atoms with Gasteiger partial charge >= 0.3 is 0 Å². The number of aromatic nitrogens is 3. The lowest BCUT2D eigenvalue weighted by Gasteiger charge is -2.11. The van der Waals surface area contributed by atoms with E-state index in [0.29, 0.717) is 5.92 Å². The molecule has 2 heterocycles. The molecule has 3 N–H and O–H groups in total. The molecule has 0 spiro atoms. The monoisotopic (exact) mass is 468 g/mol. The molecule has 4 heteroatoms. The van der Waals surface area contributed by atoms with Crippen LogP contribution in [0.25, 0.3) is 29.6 Å². The van der Waals surface area contributed by atoms with Crippen molar-refractivity contribution in [2.24, 2.45) is 5.92 Å². The second-order valence-corrected chi connectivity index (χ2v) is 8.19. The third-order valence-electron chi connectivity index (χ3n) is 5.75. The zero-order valence-corrected chi connectivity index (χ0v) is 22.0. The third kappa shape index (κ3) is 7.10. The zero-order chi connectivity index (χ0) is 26.0. The van der Waals surface area contributed by atoms with Crippen LogP contribution >= 0.6 is 0 Å². The predicted octanol–water partition coefficient (Wildman–Crippen LogP) is 6.61. The van der Waals surface area contributed by atoms with Crippen LogP contribution in [0, 0.1) is 12.8 Å². The van der Waals surface area contributed by atoms with Gasteiger partial charge in [0.1, 0.15) is 5.69 Å². The van der Waals surface area contributed by atoms with Gasteiger partial charge in [-0.25, -0.2) is 0 Å². The minimum Gasteiger partial charge on any atom is -0.359 e. The lowest BCUT2D eigenvalue weighted by Crippen LogP contribution is -2.23. The molecule has 0 aromatic carbocycles. The summed E-state index contributed by atoms with van der Waals surface area (Å²) in [5, 5.41) is 13.1. The van der Waals surface area contributed by atoms with Crippen molar-refractivity contribution in [1.82, 2.24) is 20.5 Å². The Labute approximate surface area is 210 Å². The first kappa shape index (κ1) is 27.5. The molecule has 1 fully saturated rings. The average Bonchev–Trinajstić information content (AvgIpc) is 3.56. The van der Waals surface area contributed by atoms with Crippen LogP contribution in [0.5, 0.6) is 0 Å². The van der Waals surface area contributed by atoms with E-state index in [1.54, 1.807) is 6.08 Å². The van der Waals surface area contributed by atoms with Crippen molar-refractivity contribution >= 4 is 18.2 Å². The van der Waals surface area contributed by atoms with Gasteiger partial charge in [0.2, 0.25) is 0 Å². The van der Waals surface area contributed by atoms with Crippen LogP contribution in [0.3, 0.4) is 0 Å². The Balaban J connectivity index is 0.00000210. The third-order valence-corrected chi connectivity index (χ3v) is 5.75. The highest BCUT2D eigenvalue weighted by Gasteiger charge is 2.24. The largest absolute Gasteiger partial charge is 0.359 e. The summed E-state index contributed by atoms with van der Waals surface area (Å²) >= 11 is 0. The number of aromatic amines is 2. The minimum absolute atomic E-state index is 0.573. The van der Waals surface area contributed by atoms with Gasteiger partial charge in [0.05, 0.1) is 11.0 Å². The van der Waals surface area contributed by atoms with Crippen molar-refractivity contribution < 1.29 is 0 Å². The molecule has 0 atom stereocenters.